The van der Waals surface area contributed by atoms with Crippen molar-refractivity contribution < 1.29 is 17.6 Å². The lowest BCUT2D eigenvalue weighted by Gasteiger charge is -2.02. The van der Waals surface area contributed by atoms with E-state index in [0.29, 0.717) is 0 Å². The largest absolute Gasteiger partial charge is 0.248 e. The topological polar surface area (TPSA) is 0 Å². The second-order valence-electron chi connectivity index (χ2n) is 1.24. The highest BCUT2D eigenvalue weighted by Gasteiger charge is 2.19. The molecule has 49 valence electrons. The van der Waals surface area contributed by atoms with Crippen molar-refractivity contribution in [3.8, 4) is 0 Å². The zero-order valence-corrected chi connectivity index (χ0v) is 3.95. The van der Waals surface area contributed by atoms with E-state index in [-0.39, 0.29) is 0 Å². The van der Waals surface area contributed by atoms with Gasteiger partial charge in [0.2, 0.25) is 0 Å². The van der Waals surface area contributed by atoms with Crippen LogP contribution in [0.1, 0.15) is 0 Å². The van der Waals surface area contributed by atoms with Crippen molar-refractivity contribution in [3.63, 3.8) is 0 Å². The summed E-state index contributed by atoms with van der Waals surface area (Å²) in [6.07, 6.45) is -4.76. The average Bonchev–Trinajstić information content (AvgIpc) is 1.84. The molecule has 0 bridgehead atoms. The monoisotopic (exact) mass is 129 g/mol. The molecular formula is C4H5F4. The van der Waals surface area contributed by atoms with Crippen LogP contribution in [0.25, 0.3) is 0 Å². The molecule has 0 nitrogen and oxygen atoms in total. The van der Waals surface area contributed by atoms with Crippen LogP contribution in [0.5, 0.6) is 0 Å². The SMILES string of the molecule is F[CH]C(F)C(F)CF. The van der Waals surface area contributed by atoms with Crippen molar-refractivity contribution in [1.82, 2.24) is 0 Å². The molecular weight excluding hydrogens is 124 g/mol. The Kier molecular flexibility index (Phi) is 3.56. The summed E-state index contributed by atoms with van der Waals surface area (Å²) in [5.74, 6) is 0. The molecule has 4 heteroatoms. The van der Waals surface area contributed by atoms with Gasteiger partial charge in [0, 0.05) is 0 Å². The predicted octanol–water partition coefficient (Wildman–Crippen LogP) is 1.76. The van der Waals surface area contributed by atoms with E-state index >= 15 is 0 Å². The first kappa shape index (κ1) is 7.72. The highest BCUT2D eigenvalue weighted by Crippen LogP contribution is 2.07. The molecule has 2 unspecified atom stereocenters. The molecule has 0 aliphatic rings. The fourth-order valence-electron chi connectivity index (χ4n) is 0.164. The minimum absolute atomic E-state index is 0.510. The molecule has 0 saturated heterocycles. The fraction of sp³-hybridized carbons (Fsp3) is 0.750. The molecule has 0 N–H and O–H groups in total. The summed E-state index contributed by atoms with van der Waals surface area (Å²) in [5, 5.41) is 0. The average molecular weight is 129 g/mol. The number of rotatable bonds is 3. The highest BCUT2D eigenvalue weighted by atomic mass is 19.2. The van der Waals surface area contributed by atoms with E-state index in [9.17, 15) is 17.6 Å². The van der Waals surface area contributed by atoms with Crippen LogP contribution in [-0.2, 0) is 0 Å². The Morgan fingerprint density at radius 3 is 2.00 bits per heavy atom. The molecule has 1 radical (unpaired) electrons. The maximum Gasteiger partial charge on any atom is 0.168 e. The molecule has 0 saturated carbocycles. The van der Waals surface area contributed by atoms with Crippen LogP contribution in [0.3, 0.4) is 0 Å². The van der Waals surface area contributed by atoms with E-state index < -0.39 is 25.7 Å². The zero-order chi connectivity index (χ0) is 6.57. The van der Waals surface area contributed by atoms with Gasteiger partial charge in [-0.2, -0.15) is 0 Å². The Bertz CT molecular complexity index is 48.0. The molecule has 0 spiro atoms. The van der Waals surface area contributed by atoms with Crippen molar-refractivity contribution in [3.05, 3.63) is 6.67 Å². The standard InChI is InChI=1S/C4H5F4/c5-1-3(7)4(8)2-6/h1,3-4H,2H2. The van der Waals surface area contributed by atoms with Gasteiger partial charge in [-0.25, -0.2) is 17.6 Å². The van der Waals surface area contributed by atoms with Crippen molar-refractivity contribution in [2.45, 2.75) is 12.3 Å². The van der Waals surface area contributed by atoms with Gasteiger partial charge < -0.3 is 0 Å². The van der Waals surface area contributed by atoms with Crippen molar-refractivity contribution in [2.75, 3.05) is 6.67 Å². The first-order valence-corrected chi connectivity index (χ1v) is 2.00. The normalized spacial score (nSPS) is 18.0. The minimum Gasteiger partial charge on any atom is -0.248 e. The van der Waals surface area contributed by atoms with Gasteiger partial charge in [-0.15, -0.1) is 0 Å². The zero-order valence-electron chi connectivity index (χ0n) is 3.95. The third-order valence-electron chi connectivity index (χ3n) is 0.613. The summed E-state index contributed by atoms with van der Waals surface area (Å²) >= 11 is 0. The number of hydrogen-bond acceptors (Lipinski definition) is 0. The Labute approximate surface area is 44.5 Å². The van der Waals surface area contributed by atoms with Crippen molar-refractivity contribution in [2.24, 2.45) is 0 Å². The van der Waals surface area contributed by atoms with Crippen LogP contribution in [0.15, 0.2) is 0 Å². The molecule has 0 fully saturated rings. The molecule has 0 rings (SSSR count). The van der Waals surface area contributed by atoms with E-state index in [0.717, 1.165) is 0 Å². The maximum atomic E-state index is 11.5. The van der Waals surface area contributed by atoms with E-state index in [1.807, 2.05) is 0 Å². The van der Waals surface area contributed by atoms with Crippen molar-refractivity contribution >= 4 is 0 Å². The third kappa shape index (κ3) is 2.14. The summed E-state index contributed by atoms with van der Waals surface area (Å²) < 4.78 is 44.9. The lowest BCUT2D eigenvalue weighted by molar-refractivity contribution is 0.140. The molecule has 8 heavy (non-hydrogen) atoms. The summed E-state index contributed by atoms with van der Waals surface area (Å²) in [6, 6.07) is 0. The predicted molar refractivity (Wildman–Crippen MR) is 21.2 cm³/mol. The Morgan fingerprint density at radius 1 is 1.38 bits per heavy atom. The van der Waals surface area contributed by atoms with E-state index in [4.69, 9.17) is 0 Å². The van der Waals surface area contributed by atoms with E-state index in [1.54, 1.807) is 0 Å². The summed E-state index contributed by atoms with van der Waals surface area (Å²) in [7, 11) is 0. The lowest BCUT2D eigenvalue weighted by atomic mass is 10.3. The van der Waals surface area contributed by atoms with Gasteiger partial charge in [0.05, 0.1) is 0 Å². The minimum atomic E-state index is -2.42. The summed E-state index contributed by atoms with van der Waals surface area (Å²) in [4.78, 5) is 0. The van der Waals surface area contributed by atoms with Gasteiger partial charge in [-0.3, -0.25) is 0 Å². The first-order chi connectivity index (χ1) is 3.72. The second kappa shape index (κ2) is 3.69. The Balaban J connectivity index is 3.29. The Morgan fingerprint density at radius 2 is 1.88 bits per heavy atom. The Hall–Kier alpha value is -0.280. The quantitative estimate of drug-likeness (QED) is 0.509. The van der Waals surface area contributed by atoms with Gasteiger partial charge in [0.25, 0.3) is 0 Å². The van der Waals surface area contributed by atoms with Gasteiger partial charge in [0.1, 0.15) is 6.67 Å². The molecule has 0 aliphatic heterocycles. The van der Waals surface area contributed by atoms with Crippen molar-refractivity contribution in [1.29, 1.82) is 0 Å². The van der Waals surface area contributed by atoms with Gasteiger partial charge in [0.15, 0.2) is 19.0 Å². The van der Waals surface area contributed by atoms with Gasteiger partial charge in [-0.05, 0) is 0 Å². The molecule has 2 atom stereocenters. The van der Waals surface area contributed by atoms with E-state index in [1.165, 1.54) is 0 Å². The smallest absolute Gasteiger partial charge is 0.168 e. The van der Waals surface area contributed by atoms with Crippen LogP contribution in [-0.4, -0.2) is 19.0 Å². The molecule has 0 aromatic carbocycles. The number of alkyl halides is 3. The van der Waals surface area contributed by atoms with Crippen LogP contribution >= 0.6 is 0 Å². The summed E-state index contributed by atoms with van der Waals surface area (Å²) in [5.41, 5.74) is 0. The molecule has 0 aromatic rings. The maximum absolute atomic E-state index is 11.5. The van der Waals surface area contributed by atoms with Crippen LogP contribution in [0.2, 0.25) is 0 Å². The highest BCUT2D eigenvalue weighted by molar-refractivity contribution is 4.73. The second-order valence-corrected chi connectivity index (χ2v) is 1.24. The van der Waals surface area contributed by atoms with Crippen LogP contribution in [0.4, 0.5) is 17.6 Å². The van der Waals surface area contributed by atoms with Crippen LogP contribution < -0.4 is 0 Å². The fourth-order valence-corrected chi connectivity index (χ4v) is 0.164. The van der Waals surface area contributed by atoms with Crippen LogP contribution in [0, 0.1) is 6.67 Å². The van der Waals surface area contributed by atoms with Gasteiger partial charge >= 0.3 is 0 Å². The molecule has 0 aromatic heterocycles. The molecule has 0 amide bonds. The number of halogens is 4. The lowest BCUT2D eigenvalue weighted by Crippen LogP contribution is -2.17. The first-order valence-electron chi connectivity index (χ1n) is 2.00. The van der Waals surface area contributed by atoms with E-state index in [2.05, 4.69) is 0 Å². The molecule has 0 aliphatic carbocycles. The summed E-state index contributed by atoms with van der Waals surface area (Å²) in [6.45, 7) is -1.99. The molecule has 0 heterocycles. The van der Waals surface area contributed by atoms with Gasteiger partial charge in [-0.1, -0.05) is 0 Å². The number of hydrogen-bond donors (Lipinski definition) is 0. The third-order valence-corrected chi connectivity index (χ3v) is 0.613.